The largest absolute Gasteiger partial charge is 0.335 e. The van der Waals surface area contributed by atoms with E-state index in [4.69, 9.17) is 0 Å². The van der Waals surface area contributed by atoms with Crippen LogP contribution in [0.2, 0.25) is 0 Å². The first-order valence-corrected chi connectivity index (χ1v) is 8.23. The number of benzene rings is 1. The maximum atomic E-state index is 13.9. The molecule has 2 nitrogen and oxygen atoms in total. The number of halogens is 1. The Morgan fingerprint density at radius 3 is 2.29 bits per heavy atom. The molecule has 3 heteroatoms. The summed E-state index contributed by atoms with van der Waals surface area (Å²) in [4.78, 5) is 5.74. The molecule has 1 rings (SSSR count). The first kappa shape index (κ1) is 23.8. The molecule has 1 aromatic carbocycles. The Kier molecular flexibility index (Phi) is 15.4. The highest BCUT2D eigenvalue weighted by Crippen LogP contribution is 2.22. The summed E-state index contributed by atoms with van der Waals surface area (Å²) >= 11 is 0. The van der Waals surface area contributed by atoms with E-state index >= 15 is 0 Å². The molecule has 0 aliphatic carbocycles. The molecule has 0 N–H and O–H groups in total. The van der Waals surface area contributed by atoms with Crippen LogP contribution in [0.5, 0.6) is 0 Å². The average molecular weight is 330 g/mol. The van der Waals surface area contributed by atoms with Gasteiger partial charge in [-0.15, -0.1) is 0 Å². The van der Waals surface area contributed by atoms with Crippen LogP contribution in [0.25, 0.3) is 5.83 Å². The summed E-state index contributed by atoms with van der Waals surface area (Å²) in [7, 11) is 0. The molecular formula is C21H31FN2. The molecule has 0 saturated carbocycles. The van der Waals surface area contributed by atoms with E-state index in [-0.39, 0.29) is 5.83 Å². The third kappa shape index (κ3) is 8.89. The van der Waals surface area contributed by atoms with Crippen molar-refractivity contribution in [2.75, 3.05) is 0 Å². The summed E-state index contributed by atoms with van der Waals surface area (Å²) in [5, 5.41) is 0. The van der Waals surface area contributed by atoms with Crippen LogP contribution < -0.4 is 0 Å². The predicted molar refractivity (Wildman–Crippen MR) is 108 cm³/mol. The second-order valence-corrected chi connectivity index (χ2v) is 4.20. The third-order valence-corrected chi connectivity index (χ3v) is 2.74. The summed E-state index contributed by atoms with van der Waals surface area (Å²) in [6.45, 7) is 21.2. The number of nitrogens with zero attached hydrogens (tertiary/aromatic N) is 2. The highest BCUT2D eigenvalue weighted by atomic mass is 19.1. The lowest BCUT2D eigenvalue weighted by Crippen LogP contribution is -2.13. The highest BCUT2D eigenvalue weighted by Gasteiger charge is 2.06. The Morgan fingerprint density at radius 1 is 1.17 bits per heavy atom. The quantitative estimate of drug-likeness (QED) is 0.310. The second-order valence-electron chi connectivity index (χ2n) is 4.20. The van der Waals surface area contributed by atoms with Crippen LogP contribution in [-0.4, -0.2) is 11.2 Å². The Morgan fingerprint density at radius 2 is 1.79 bits per heavy atom. The van der Waals surface area contributed by atoms with Gasteiger partial charge in [0.2, 0.25) is 0 Å². The molecule has 0 bridgehead atoms. The first-order chi connectivity index (χ1) is 11.6. The zero-order valence-electron chi connectivity index (χ0n) is 15.7. The Balaban J connectivity index is 0. The van der Waals surface area contributed by atoms with E-state index in [1.165, 1.54) is 18.4 Å². The summed E-state index contributed by atoms with van der Waals surface area (Å²) in [6, 6.07) is 5.67. The van der Waals surface area contributed by atoms with Gasteiger partial charge in [0, 0.05) is 18.3 Å². The van der Waals surface area contributed by atoms with Gasteiger partial charge in [0.1, 0.15) is 5.83 Å². The van der Waals surface area contributed by atoms with Crippen molar-refractivity contribution in [3.05, 3.63) is 79.2 Å². The number of allylic oxidation sites excluding steroid dienone is 2. The van der Waals surface area contributed by atoms with Gasteiger partial charge in [-0.2, -0.15) is 0 Å². The van der Waals surface area contributed by atoms with Crippen LogP contribution in [0.4, 0.5) is 4.39 Å². The molecule has 0 aliphatic heterocycles. The van der Waals surface area contributed by atoms with Crippen LogP contribution in [0.15, 0.2) is 67.5 Å². The summed E-state index contributed by atoms with van der Waals surface area (Å²) < 4.78 is 13.9. The van der Waals surface area contributed by atoms with Crippen LogP contribution in [0.3, 0.4) is 0 Å². The Hall–Kier alpha value is -2.42. The molecule has 132 valence electrons. The second kappa shape index (κ2) is 15.5. The van der Waals surface area contributed by atoms with Crippen LogP contribution in [-0.2, 0) is 6.54 Å². The minimum Gasteiger partial charge on any atom is -0.335 e. The van der Waals surface area contributed by atoms with Gasteiger partial charge in [0.25, 0.3) is 0 Å². The minimum atomic E-state index is -0.288. The van der Waals surface area contributed by atoms with E-state index in [9.17, 15) is 4.39 Å². The predicted octanol–water partition coefficient (Wildman–Crippen LogP) is 6.66. The number of rotatable bonds is 7. The van der Waals surface area contributed by atoms with Gasteiger partial charge >= 0.3 is 0 Å². The molecule has 24 heavy (non-hydrogen) atoms. The monoisotopic (exact) mass is 330 g/mol. The fraction of sp³-hybridized carbons (Fsp3) is 0.286. The van der Waals surface area contributed by atoms with Gasteiger partial charge in [0.15, 0.2) is 0 Å². The molecule has 1 aromatic rings. The number of hydrogen-bond donors (Lipinski definition) is 0. The molecule has 0 fully saturated rings. The third-order valence-electron chi connectivity index (χ3n) is 2.74. The molecule has 0 atom stereocenters. The lowest BCUT2D eigenvalue weighted by Gasteiger charge is -2.15. The van der Waals surface area contributed by atoms with Gasteiger partial charge in [-0.25, -0.2) is 9.38 Å². The SMILES string of the molecule is C=C/C=C(/F)c1cc(CN(C=C)C=NC=C)ccc1C.CC.CC. The van der Waals surface area contributed by atoms with Gasteiger partial charge in [0.05, 0.1) is 6.34 Å². The maximum absolute atomic E-state index is 13.9. The molecule has 0 heterocycles. The Bertz CT molecular complexity index is 557. The standard InChI is InChI=1S/C17H19FN2.2C2H6/c1-5-8-17(18)16-11-15(10-9-14(16)4)12-20(7-3)13-19-6-2;2*1-2/h5-11,13H,1-3,12H2,4H3;2*1-2H3/b17-8+,19-13?;;. The topological polar surface area (TPSA) is 15.6 Å². The average Bonchev–Trinajstić information content (AvgIpc) is 2.63. The van der Waals surface area contributed by atoms with Crippen LogP contribution in [0.1, 0.15) is 44.4 Å². The number of aliphatic imine (C=N–C) groups is 1. The molecule has 0 amide bonds. The van der Waals surface area contributed by atoms with Crippen LogP contribution in [0, 0.1) is 6.92 Å². The molecular weight excluding hydrogens is 299 g/mol. The van der Waals surface area contributed by atoms with E-state index in [1.54, 1.807) is 17.4 Å². The molecule has 0 aliphatic rings. The normalized spacial score (nSPS) is 10.0. The van der Waals surface area contributed by atoms with Crippen molar-refractivity contribution in [2.24, 2.45) is 4.99 Å². The van der Waals surface area contributed by atoms with E-state index in [1.807, 2.05) is 52.8 Å². The zero-order valence-corrected chi connectivity index (χ0v) is 15.7. The first-order valence-electron chi connectivity index (χ1n) is 8.23. The Labute approximate surface area is 147 Å². The lowest BCUT2D eigenvalue weighted by atomic mass is 10.0. The molecule has 0 aromatic heterocycles. The number of hydrogen-bond acceptors (Lipinski definition) is 1. The fourth-order valence-electron chi connectivity index (χ4n) is 1.71. The molecule has 0 radical (unpaired) electrons. The maximum Gasteiger partial charge on any atom is 0.130 e. The van der Waals surface area contributed by atoms with E-state index in [0.717, 1.165) is 11.1 Å². The smallest absolute Gasteiger partial charge is 0.130 e. The van der Waals surface area contributed by atoms with Crippen molar-refractivity contribution >= 4 is 12.2 Å². The molecule has 0 spiro atoms. The summed E-state index contributed by atoms with van der Waals surface area (Å²) in [5.74, 6) is -0.288. The van der Waals surface area contributed by atoms with Crippen molar-refractivity contribution in [3.8, 4) is 0 Å². The van der Waals surface area contributed by atoms with Gasteiger partial charge < -0.3 is 4.90 Å². The van der Waals surface area contributed by atoms with Crippen molar-refractivity contribution < 1.29 is 4.39 Å². The van der Waals surface area contributed by atoms with Crippen molar-refractivity contribution in [2.45, 2.75) is 41.2 Å². The minimum absolute atomic E-state index is 0.288. The van der Waals surface area contributed by atoms with E-state index in [2.05, 4.69) is 24.7 Å². The van der Waals surface area contributed by atoms with Gasteiger partial charge in [-0.1, -0.05) is 65.6 Å². The van der Waals surface area contributed by atoms with Crippen LogP contribution >= 0.6 is 0 Å². The van der Waals surface area contributed by atoms with Gasteiger partial charge in [-0.05, 0) is 36.4 Å². The van der Waals surface area contributed by atoms with E-state index in [0.29, 0.717) is 12.1 Å². The van der Waals surface area contributed by atoms with E-state index < -0.39 is 0 Å². The summed E-state index contributed by atoms with van der Waals surface area (Å²) in [5.41, 5.74) is 2.43. The molecule has 0 unspecified atom stereocenters. The summed E-state index contributed by atoms with van der Waals surface area (Å²) in [6.07, 6.45) is 7.52. The lowest BCUT2D eigenvalue weighted by molar-refractivity contribution is 0.570. The number of aryl methyl sites for hydroxylation is 1. The zero-order chi connectivity index (χ0) is 19.0. The fourth-order valence-corrected chi connectivity index (χ4v) is 1.71. The van der Waals surface area contributed by atoms with Crippen molar-refractivity contribution in [1.29, 1.82) is 0 Å². The van der Waals surface area contributed by atoms with Gasteiger partial charge in [-0.3, -0.25) is 0 Å². The van der Waals surface area contributed by atoms with Crippen molar-refractivity contribution in [3.63, 3.8) is 0 Å². The highest BCUT2D eigenvalue weighted by molar-refractivity contribution is 5.64. The molecule has 0 saturated heterocycles. The van der Waals surface area contributed by atoms with Crippen molar-refractivity contribution in [1.82, 2.24) is 4.90 Å².